The van der Waals surface area contributed by atoms with Gasteiger partial charge in [-0.25, -0.2) is 0 Å². The number of nitrogens with one attached hydrogen (secondary N) is 1. The van der Waals surface area contributed by atoms with Crippen molar-refractivity contribution in [2.45, 2.75) is 39.5 Å². The molecule has 1 aromatic carbocycles. The number of benzene rings is 1. The van der Waals surface area contributed by atoms with Crippen LogP contribution in [0.1, 0.15) is 38.7 Å². The number of aldehydes is 1. The van der Waals surface area contributed by atoms with Gasteiger partial charge in [-0.15, -0.1) is 0 Å². The molecule has 0 saturated heterocycles. The Morgan fingerprint density at radius 2 is 1.88 bits per heavy atom. The summed E-state index contributed by atoms with van der Waals surface area (Å²) < 4.78 is 0. The summed E-state index contributed by atoms with van der Waals surface area (Å²) in [6.45, 7) is 4.18. The molecular weight excluding hydrogens is 198 g/mol. The number of carbonyl (C=O) groups excluding carboxylic acids is 1. The van der Waals surface area contributed by atoms with Gasteiger partial charge in [0.05, 0.1) is 0 Å². The molecule has 0 heterocycles. The predicted molar refractivity (Wildman–Crippen MR) is 71.0 cm³/mol. The second-order valence-electron chi connectivity index (χ2n) is 3.61. The maximum atomic E-state index is 9.40. The van der Waals surface area contributed by atoms with E-state index >= 15 is 0 Å². The first-order valence-corrected chi connectivity index (χ1v) is 5.99. The van der Waals surface area contributed by atoms with Crippen LogP contribution in [0.3, 0.4) is 0 Å². The lowest BCUT2D eigenvalue weighted by Crippen LogP contribution is -1.93. The highest BCUT2D eigenvalue weighted by atomic mass is 16.1. The second kappa shape index (κ2) is 10.2. The summed E-state index contributed by atoms with van der Waals surface area (Å²) in [7, 11) is 1.97. The Morgan fingerprint density at radius 1 is 1.19 bits per heavy atom. The summed E-state index contributed by atoms with van der Waals surface area (Å²) in [6, 6.07) is 8.44. The summed E-state index contributed by atoms with van der Waals surface area (Å²) in [5, 5.41) is 3.18. The molecule has 1 N–H and O–H groups in total. The monoisotopic (exact) mass is 221 g/mol. The first-order valence-electron chi connectivity index (χ1n) is 5.99. The molecule has 0 bridgehead atoms. The molecule has 0 aliphatic rings. The maximum absolute atomic E-state index is 9.40. The van der Waals surface area contributed by atoms with Crippen molar-refractivity contribution in [1.29, 1.82) is 0 Å². The fraction of sp³-hybridized carbons (Fsp3) is 0.500. The van der Waals surface area contributed by atoms with Crippen LogP contribution in [-0.2, 0) is 11.2 Å². The summed E-state index contributed by atoms with van der Waals surface area (Å²) in [4.78, 5) is 9.40. The lowest BCUT2D eigenvalue weighted by Gasteiger charge is -2.06. The quantitative estimate of drug-likeness (QED) is 0.769. The van der Waals surface area contributed by atoms with Crippen molar-refractivity contribution < 1.29 is 4.79 Å². The topological polar surface area (TPSA) is 29.1 Å². The van der Waals surface area contributed by atoms with Gasteiger partial charge in [-0.2, -0.15) is 0 Å². The van der Waals surface area contributed by atoms with Crippen molar-refractivity contribution in [3.05, 3.63) is 29.8 Å². The molecule has 90 valence electrons. The minimum atomic E-state index is 0.708. The van der Waals surface area contributed by atoms with E-state index in [-0.39, 0.29) is 0 Å². The summed E-state index contributed by atoms with van der Waals surface area (Å²) >= 11 is 0. The lowest BCUT2D eigenvalue weighted by molar-refractivity contribution is -0.107. The highest BCUT2D eigenvalue weighted by molar-refractivity contribution is 5.50. The number of aryl methyl sites for hydroxylation is 1. The maximum Gasteiger partial charge on any atom is 0.119 e. The molecule has 16 heavy (non-hydrogen) atoms. The largest absolute Gasteiger partial charge is 0.388 e. The molecule has 0 fully saturated rings. The average Bonchev–Trinajstić information content (AvgIpc) is 2.32. The Morgan fingerprint density at radius 3 is 2.31 bits per heavy atom. The third-order valence-electron chi connectivity index (χ3n) is 2.21. The van der Waals surface area contributed by atoms with E-state index in [0.29, 0.717) is 6.42 Å². The number of carbonyl (C=O) groups is 1. The Balaban J connectivity index is 0.000000385. The molecular formula is C14H23NO. The molecule has 0 amide bonds. The predicted octanol–water partition coefficient (Wildman–Crippen LogP) is 3.67. The first-order chi connectivity index (χ1) is 7.79. The number of anilines is 1. The van der Waals surface area contributed by atoms with E-state index in [4.69, 9.17) is 0 Å². The Kier molecular flexibility index (Phi) is 9.38. The first kappa shape index (κ1) is 14.7. The number of unbranched alkanes of at least 4 members (excludes halogenated alkanes) is 1. The van der Waals surface area contributed by atoms with Gasteiger partial charge in [-0.1, -0.05) is 38.5 Å². The zero-order chi connectivity index (χ0) is 12.2. The standard InChI is InChI=1S/C10H15N.C4H8O/c1-3-6-9-7-4-5-8-10(9)11-2;1-2-3-4-5/h4-5,7-8,11H,3,6H2,1-2H3;4H,2-3H2,1H3. The van der Waals surface area contributed by atoms with Crippen molar-refractivity contribution in [2.24, 2.45) is 0 Å². The van der Waals surface area contributed by atoms with Crippen LogP contribution in [0.25, 0.3) is 0 Å². The van der Waals surface area contributed by atoms with Crippen LogP contribution < -0.4 is 5.32 Å². The van der Waals surface area contributed by atoms with Crippen molar-refractivity contribution in [3.8, 4) is 0 Å². The fourth-order valence-electron chi connectivity index (χ4n) is 1.37. The Bertz CT molecular complexity index is 284. The highest BCUT2D eigenvalue weighted by Gasteiger charge is 1.95. The van der Waals surface area contributed by atoms with Crippen LogP contribution in [0.15, 0.2) is 24.3 Å². The second-order valence-corrected chi connectivity index (χ2v) is 3.61. The van der Waals surface area contributed by atoms with Gasteiger partial charge in [-0.05, 0) is 24.5 Å². The molecule has 0 aromatic heterocycles. The van der Waals surface area contributed by atoms with Crippen LogP contribution in [-0.4, -0.2) is 13.3 Å². The van der Waals surface area contributed by atoms with Gasteiger partial charge >= 0.3 is 0 Å². The van der Waals surface area contributed by atoms with Gasteiger partial charge in [0.2, 0.25) is 0 Å². The Labute approximate surface area is 99.1 Å². The van der Waals surface area contributed by atoms with Crippen LogP contribution in [0.5, 0.6) is 0 Å². The van der Waals surface area contributed by atoms with E-state index in [0.717, 1.165) is 19.1 Å². The minimum absolute atomic E-state index is 0.708. The van der Waals surface area contributed by atoms with Crippen LogP contribution in [0, 0.1) is 0 Å². The minimum Gasteiger partial charge on any atom is -0.388 e. The lowest BCUT2D eigenvalue weighted by atomic mass is 10.1. The molecule has 0 aliphatic carbocycles. The summed E-state index contributed by atoms with van der Waals surface area (Å²) in [5.41, 5.74) is 2.67. The molecule has 2 heteroatoms. The van der Waals surface area contributed by atoms with E-state index in [9.17, 15) is 4.79 Å². The van der Waals surface area contributed by atoms with E-state index in [1.807, 2.05) is 14.0 Å². The van der Waals surface area contributed by atoms with Gasteiger partial charge in [0.15, 0.2) is 0 Å². The van der Waals surface area contributed by atoms with E-state index < -0.39 is 0 Å². The number of rotatable bonds is 5. The van der Waals surface area contributed by atoms with Crippen molar-refractivity contribution in [2.75, 3.05) is 12.4 Å². The van der Waals surface area contributed by atoms with Gasteiger partial charge in [-0.3, -0.25) is 0 Å². The van der Waals surface area contributed by atoms with Gasteiger partial charge < -0.3 is 10.1 Å². The van der Waals surface area contributed by atoms with Crippen LogP contribution in [0.2, 0.25) is 0 Å². The smallest absolute Gasteiger partial charge is 0.119 e. The number of hydrogen-bond acceptors (Lipinski definition) is 2. The zero-order valence-corrected chi connectivity index (χ0v) is 10.6. The fourth-order valence-corrected chi connectivity index (χ4v) is 1.37. The molecule has 0 aliphatic heterocycles. The normalized spacial score (nSPS) is 8.94. The Hall–Kier alpha value is -1.31. The highest BCUT2D eigenvalue weighted by Crippen LogP contribution is 2.15. The number of hydrogen-bond donors (Lipinski definition) is 1. The molecule has 0 unspecified atom stereocenters. The molecule has 0 spiro atoms. The third kappa shape index (κ3) is 6.23. The van der Waals surface area contributed by atoms with E-state index in [1.165, 1.54) is 17.7 Å². The number of para-hydroxylation sites is 1. The van der Waals surface area contributed by atoms with Gasteiger partial charge in [0.1, 0.15) is 6.29 Å². The zero-order valence-electron chi connectivity index (χ0n) is 10.6. The summed E-state index contributed by atoms with van der Waals surface area (Å²) in [6.07, 6.45) is 4.99. The molecule has 0 radical (unpaired) electrons. The SMILES string of the molecule is CCCC=O.CCCc1ccccc1NC. The van der Waals surface area contributed by atoms with Gasteiger partial charge in [0.25, 0.3) is 0 Å². The molecule has 0 atom stereocenters. The van der Waals surface area contributed by atoms with Crippen molar-refractivity contribution >= 4 is 12.0 Å². The van der Waals surface area contributed by atoms with Crippen molar-refractivity contribution in [3.63, 3.8) is 0 Å². The molecule has 0 saturated carbocycles. The molecule has 1 aromatic rings. The average molecular weight is 221 g/mol. The van der Waals surface area contributed by atoms with Crippen LogP contribution >= 0.6 is 0 Å². The summed E-state index contributed by atoms with van der Waals surface area (Å²) in [5.74, 6) is 0. The van der Waals surface area contributed by atoms with E-state index in [1.54, 1.807) is 0 Å². The van der Waals surface area contributed by atoms with Crippen molar-refractivity contribution in [1.82, 2.24) is 0 Å². The van der Waals surface area contributed by atoms with Crippen LogP contribution in [0.4, 0.5) is 5.69 Å². The van der Waals surface area contributed by atoms with Gasteiger partial charge in [0, 0.05) is 19.2 Å². The molecule has 1 rings (SSSR count). The molecule has 2 nitrogen and oxygen atoms in total. The third-order valence-corrected chi connectivity index (χ3v) is 2.21. The van der Waals surface area contributed by atoms with E-state index in [2.05, 4.69) is 36.5 Å².